The molecule has 0 saturated carbocycles. The van der Waals surface area contributed by atoms with Crippen molar-refractivity contribution in [3.05, 3.63) is 30.3 Å². The molecular formula is C15H22N2O2. The molecule has 19 heavy (non-hydrogen) atoms. The highest BCUT2D eigenvalue weighted by Crippen LogP contribution is 2.11. The fourth-order valence-electron chi connectivity index (χ4n) is 1.39. The van der Waals surface area contributed by atoms with Crippen LogP contribution in [0.3, 0.4) is 0 Å². The van der Waals surface area contributed by atoms with Crippen LogP contribution in [0.5, 0.6) is 5.75 Å². The van der Waals surface area contributed by atoms with Gasteiger partial charge in [-0.2, -0.15) is 0 Å². The molecule has 1 amide bonds. The molecule has 0 aliphatic carbocycles. The summed E-state index contributed by atoms with van der Waals surface area (Å²) in [6.07, 6.45) is -0.511. The zero-order chi connectivity index (χ0) is 14.5. The molecule has 0 unspecified atom stereocenters. The summed E-state index contributed by atoms with van der Waals surface area (Å²) in [5, 5.41) is 2.71. The van der Waals surface area contributed by atoms with Gasteiger partial charge in [0.2, 0.25) is 0 Å². The predicted octanol–water partition coefficient (Wildman–Crippen LogP) is 3.63. The monoisotopic (exact) mass is 262 g/mol. The molecule has 0 bridgehead atoms. The number of rotatable bonds is 2. The zero-order valence-electron chi connectivity index (χ0n) is 12.2. The number of carbonyl (C=O) groups excluding carboxylic acids is 1. The molecule has 0 aliphatic heterocycles. The topological polar surface area (TPSA) is 50.7 Å². The van der Waals surface area contributed by atoms with Crippen molar-refractivity contribution < 1.29 is 9.53 Å². The van der Waals surface area contributed by atoms with Gasteiger partial charge in [-0.05, 0) is 32.9 Å². The number of amidine groups is 1. The highest BCUT2D eigenvalue weighted by atomic mass is 16.6. The number of hydrogen-bond donors (Lipinski definition) is 1. The van der Waals surface area contributed by atoms with Gasteiger partial charge < -0.3 is 4.74 Å². The Morgan fingerprint density at radius 1 is 1.21 bits per heavy atom. The summed E-state index contributed by atoms with van der Waals surface area (Å²) < 4.78 is 5.18. The lowest BCUT2D eigenvalue weighted by Crippen LogP contribution is -2.37. The second-order valence-corrected chi connectivity index (χ2v) is 5.65. The van der Waals surface area contributed by atoms with Crippen LogP contribution in [0.15, 0.2) is 35.3 Å². The number of amides is 1. The standard InChI is InChI=1S/C15H22N2O2/c1-11(2)13(17-15(3,4)5)16-14(18)19-12-9-7-6-8-10-12/h6-11H,1-5H3,(H,16,17,18). The van der Waals surface area contributed by atoms with E-state index in [1.807, 2.05) is 52.8 Å². The van der Waals surface area contributed by atoms with Crippen molar-refractivity contribution in [2.45, 2.75) is 40.2 Å². The van der Waals surface area contributed by atoms with E-state index in [2.05, 4.69) is 10.3 Å². The van der Waals surface area contributed by atoms with Crippen molar-refractivity contribution in [1.82, 2.24) is 5.32 Å². The molecule has 0 aliphatic rings. The summed E-state index contributed by atoms with van der Waals surface area (Å²) in [6, 6.07) is 8.96. The first-order valence-electron chi connectivity index (χ1n) is 6.41. The van der Waals surface area contributed by atoms with Crippen LogP contribution in [0.25, 0.3) is 0 Å². The Morgan fingerprint density at radius 3 is 2.26 bits per heavy atom. The van der Waals surface area contributed by atoms with E-state index in [1.54, 1.807) is 12.1 Å². The van der Waals surface area contributed by atoms with E-state index in [0.29, 0.717) is 11.6 Å². The fraction of sp³-hybridized carbons (Fsp3) is 0.467. The van der Waals surface area contributed by atoms with Gasteiger partial charge in [-0.1, -0.05) is 32.0 Å². The molecule has 0 spiro atoms. The first kappa shape index (κ1) is 15.2. The molecule has 0 fully saturated rings. The molecule has 0 aromatic heterocycles. The molecule has 1 N–H and O–H groups in total. The van der Waals surface area contributed by atoms with E-state index in [1.165, 1.54) is 0 Å². The summed E-state index contributed by atoms with van der Waals surface area (Å²) in [5.41, 5.74) is -0.236. The Labute approximate surface area is 114 Å². The summed E-state index contributed by atoms with van der Waals surface area (Å²) in [6.45, 7) is 9.92. The minimum atomic E-state index is -0.511. The number of para-hydroxylation sites is 1. The molecule has 4 heteroatoms. The molecule has 1 aromatic rings. The average molecular weight is 262 g/mol. The van der Waals surface area contributed by atoms with E-state index in [4.69, 9.17) is 4.74 Å². The van der Waals surface area contributed by atoms with Gasteiger partial charge in [0, 0.05) is 5.92 Å². The Kier molecular flexibility index (Phi) is 5.10. The van der Waals surface area contributed by atoms with Crippen molar-refractivity contribution in [2.24, 2.45) is 10.9 Å². The number of carbonyl (C=O) groups is 1. The van der Waals surface area contributed by atoms with Gasteiger partial charge in [0.1, 0.15) is 11.6 Å². The maximum absolute atomic E-state index is 11.8. The van der Waals surface area contributed by atoms with Crippen molar-refractivity contribution in [2.75, 3.05) is 0 Å². The van der Waals surface area contributed by atoms with Gasteiger partial charge in [-0.25, -0.2) is 4.79 Å². The van der Waals surface area contributed by atoms with E-state index < -0.39 is 6.09 Å². The van der Waals surface area contributed by atoms with Crippen LogP contribution in [-0.4, -0.2) is 17.5 Å². The Bertz CT molecular complexity index is 445. The third kappa shape index (κ3) is 6.04. The molecule has 0 atom stereocenters. The quantitative estimate of drug-likeness (QED) is 0.653. The van der Waals surface area contributed by atoms with E-state index >= 15 is 0 Å². The number of benzene rings is 1. The lowest BCUT2D eigenvalue weighted by Gasteiger charge is -2.18. The van der Waals surface area contributed by atoms with Gasteiger partial charge in [-0.15, -0.1) is 0 Å². The molecule has 0 radical (unpaired) electrons. The summed E-state index contributed by atoms with van der Waals surface area (Å²) in [5.74, 6) is 1.27. The number of hydrogen-bond acceptors (Lipinski definition) is 3. The molecule has 0 saturated heterocycles. The van der Waals surface area contributed by atoms with Crippen LogP contribution >= 0.6 is 0 Å². The van der Waals surface area contributed by atoms with E-state index in [0.717, 1.165) is 0 Å². The second-order valence-electron chi connectivity index (χ2n) is 5.65. The lowest BCUT2D eigenvalue weighted by atomic mass is 10.1. The van der Waals surface area contributed by atoms with Crippen LogP contribution in [0.2, 0.25) is 0 Å². The summed E-state index contributed by atoms with van der Waals surface area (Å²) in [7, 11) is 0. The van der Waals surface area contributed by atoms with E-state index in [9.17, 15) is 4.79 Å². The van der Waals surface area contributed by atoms with E-state index in [-0.39, 0.29) is 11.5 Å². The van der Waals surface area contributed by atoms with Gasteiger partial charge in [-0.3, -0.25) is 10.3 Å². The van der Waals surface area contributed by atoms with Crippen LogP contribution in [0, 0.1) is 5.92 Å². The van der Waals surface area contributed by atoms with Crippen LogP contribution in [-0.2, 0) is 0 Å². The predicted molar refractivity (Wildman–Crippen MR) is 77.6 cm³/mol. The third-order valence-corrected chi connectivity index (χ3v) is 2.19. The minimum Gasteiger partial charge on any atom is -0.410 e. The van der Waals surface area contributed by atoms with Gasteiger partial charge >= 0.3 is 6.09 Å². The summed E-state index contributed by atoms with van der Waals surface area (Å²) >= 11 is 0. The molecule has 4 nitrogen and oxygen atoms in total. The maximum Gasteiger partial charge on any atom is 0.418 e. The van der Waals surface area contributed by atoms with Gasteiger partial charge in [0.05, 0.1) is 5.54 Å². The highest BCUT2D eigenvalue weighted by Gasteiger charge is 2.16. The Balaban J connectivity index is 2.71. The average Bonchev–Trinajstić information content (AvgIpc) is 2.27. The van der Waals surface area contributed by atoms with Crippen molar-refractivity contribution in [1.29, 1.82) is 0 Å². The fourth-order valence-corrected chi connectivity index (χ4v) is 1.39. The molecular weight excluding hydrogens is 240 g/mol. The number of aliphatic imine (C=N–C) groups is 1. The van der Waals surface area contributed by atoms with Crippen LogP contribution in [0.1, 0.15) is 34.6 Å². The molecule has 1 aromatic carbocycles. The largest absolute Gasteiger partial charge is 0.418 e. The molecule has 1 rings (SSSR count). The van der Waals surface area contributed by atoms with Crippen molar-refractivity contribution in [3.8, 4) is 5.75 Å². The Morgan fingerprint density at radius 2 is 1.79 bits per heavy atom. The normalized spacial score (nSPS) is 12.4. The number of nitrogens with zero attached hydrogens (tertiary/aromatic N) is 1. The molecule has 0 heterocycles. The minimum absolute atomic E-state index is 0.127. The Hall–Kier alpha value is -1.84. The van der Waals surface area contributed by atoms with Gasteiger partial charge in [0.15, 0.2) is 0 Å². The highest BCUT2D eigenvalue weighted by molar-refractivity contribution is 5.97. The zero-order valence-corrected chi connectivity index (χ0v) is 12.2. The van der Waals surface area contributed by atoms with Crippen molar-refractivity contribution >= 4 is 11.9 Å². The maximum atomic E-state index is 11.8. The smallest absolute Gasteiger partial charge is 0.410 e. The number of nitrogens with one attached hydrogen (secondary N) is 1. The SMILES string of the molecule is CC(C)C(=NC(C)(C)C)NC(=O)Oc1ccccc1. The van der Waals surface area contributed by atoms with Gasteiger partial charge in [0.25, 0.3) is 0 Å². The third-order valence-electron chi connectivity index (χ3n) is 2.19. The van der Waals surface area contributed by atoms with Crippen LogP contribution < -0.4 is 10.1 Å². The first-order valence-corrected chi connectivity index (χ1v) is 6.41. The second kappa shape index (κ2) is 6.36. The van der Waals surface area contributed by atoms with Crippen LogP contribution in [0.4, 0.5) is 4.79 Å². The summed E-state index contributed by atoms with van der Waals surface area (Å²) in [4.78, 5) is 16.3. The number of ether oxygens (including phenoxy) is 1. The lowest BCUT2D eigenvalue weighted by molar-refractivity contribution is 0.205. The molecule has 104 valence electrons. The first-order chi connectivity index (χ1) is 8.78. The van der Waals surface area contributed by atoms with Crippen molar-refractivity contribution in [3.63, 3.8) is 0 Å².